The van der Waals surface area contributed by atoms with Gasteiger partial charge in [-0.15, -0.1) is 0 Å². The first-order chi connectivity index (χ1) is 12.0. The molecular weight excluding hydrogens is 330 g/mol. The molecule has 0 saturated carbocycles. The Kier molecular flexibility index (Phi) is 6.08. The summed E-state index contributed by atoms with van der Waals surface area (Å²) in [6, 6.07) is 2.69. The quantitative estimate of drug-likeness (QED) is 0.687. The van der Waals surface area contributed by atoms with E-state index in [-0.39, 0.29) is 12.3 Å². The Balaban J connectivity index is 2.49. The van der Waals surface area contributed by atoms with E-state index in [0.717, 1.165) is 0 Å². The number of hydrogen-bond acceptors (Lipinski definition) is 7. The van der Waals surface area contributed by atoms with Crippen LogP contribution in [0.1, 0.15) is 24.6 Å². The molecule has 0 unspecified atom stereocenters. The number of ether oxygens (including phenoxy) is 5. The third kappa shape index (κ3) is 3.48. The molecule has 8 nitrogen and oxygen atoms in total. The molecule has 0 bridgehead atoms. The van der Waals surface area contributed by atoms with Crippen molar-refractivity contribution in [2.75, 3.05) is 35.5 Å². The minimum absolute atomic E-state index is 0.184. The lowest BCUT2D eigenvalue weighted by Gasteiger charge is -2.31. The zero-order valence-electron chi connectivity index (χ0n) is 15.0. The number of likely N-dealkylation sites (tertiary alicyclic amines) is 1. The number of esters is 1. The molecule has 8 heteroatoms. The number of hydrogen-bond donors (Lipinski definition) is 0. The molecule has 1 aromatic rings. The lowest BCUT2D eigenvalue weighted by atomic mass is 10.1. The van der Waals surface area contributed by atoms with Gasteiger partial charge in [0, 0.05) is 19.1 Å². The average molecular weight is 353 g/mol. The first kappa shape index (κ1) is 18.9. The van der Waals surface area contributed by atoms with Gasteiger partial charge in [0.15, 0.2) is 17.7 Å². The van der Waals surface area contributed by atoms with Crippen molar-refractivity contribution >= 4 is 11.9 Å². The summed E-state index contributed by atoms with van der Waals surface area (Å²) in [5.74, 6) is 0.637. The second kappa shape index (κ2) is 8.06. The maximum atomic E-state index is 12.4. The van der Waals surface area contributed by atoms with Crippen LogP contribution in [-0.2, 0) is 19.1 Å². The fourth-order valence-electron chi connectivity index (χ4n) is 3.02. The first-order valence-corrected chi connectivity index (χ1v) is 7.74. The Morgan fingerprint density at radius 2 is 1.68 bits per heavy atom. The van der Waals surface area contributed by atoms with Crippen LogP contribution in [0.4, 0.5) is 0 Å². The fraction of sp³-hybridized carbons (Fsp3) is 0.529. The lowest BCUT2D eigenvalue weighted by Crippen LogP contribution is -2.42. The summed E-state index contributed by atoms with van der Waals surface area (Å²) in [7, 11) is 7.27. The lowest BCUT2D eigenvalue weighted by molar-refractivity contribution is -0.159. The van der Waals surface area contributed by atoms with Crippen LogP contribution < -0.4 is 14.2 Å². The zero-order valence-corrected chi connectivity index (χ0v) is 15.0. The van der Waals surface area contributed by atoms with Crippen LogP contribution in [0.25, 0.3) is 0 Å². The monoisotopic (exact) mass is 353 g/mol. The second-order valence-corrected chi connectivity index (χ2v) is 5.43. The van der Waals surface area contributed by atoms with E-state index in [0.29, 0.717) is 29.2 Å². The molecule has 0 aromatic heterocycles. The molecule has 2 atom stereocenters. The molecule has 138 valence electrons. The summed E-state index contributed by atoms with van der Waals surface area (Å²) < 4.78 is 26.3. The van der Waals surface area contributed by atoms with Crippen LogP contribution in [-0.4, -0.2) is 58.4 Å². The summed E-state index contributed by atoms with van der Waals surface area (Å²) in [5.41, 5.74) is 0.598. The second-order valence-electron chi connectivity index (χ2n) is 5.43. The van der Waals surface area contributed by atoms with Crippen LogP contribution >= 0.6 is 0 Å². The van der Waals surface area contributed by atoms with Gasteiger partial charge < -0.3 is 23.7 Å². The van der Waals surface area contributed by atoms with Crippen LogP contribution in [0.3, 0.4) is 0 Å². The zero-order chi connectivity index (χ0) is 18.6. The van der Waals surface area contributed by atoms with Crippen molar-refractivity contribution < 1.29 is 33.3 Å². The third-order valence-electron chi connectivity index (χ3n) is 4.18. The molecule has 1 aliphatic rings. The van der Waals surface area contributed by atoms with Gasteiger partial charge >= 0.3 is 5.97 Å². The highest BCUT2D eigenvalue weighted by atomic mass is 16.5. The fourth-order valence-corrected chi connectivity index (χ4v) is 3.02. The first-order valence-electron chi connectivity index (χ1n) is 7.74. The van der Waals surface area contributed by atoms with Crippen molar-refractivity contribution in [1.82, 2.24) is 4.90 Å². The maximum Gasteiger partial charge on any atom is 0.328 e. The third-order valence-corrected chi connectivity index (χ3v) is 4.18. The van der Waals surface area contributed by atoms with Gasteiger partial charge in [-0.3, -0.25) is 9.69 Å². The van der Waals surface area contributed by atoms with E-state index in [1.54, 1.807) is 12.1 Å². The molecule has 2 rings (SSSR count). The Hall–Kier alpha value is -2.48. The predicted molar refractivity (Wildman–Crippen MR) is 87.7 cm³/mol. The predicted octanol–water partition coefficient (Wildman–Crippen LogP) is 1.52. The Morgan fingerprint density at radius 3 is 2.12 bits per heavy atom. The number of benzene rings is 1. The van der Waals surface area contributed by atoms with E-state index in [4.69, 9.17) is 23.7 Å². The van der Waals surface area contributed by atoms with Crippen LogP contribution in [0, 0.1) is 0 Å². The molecule has 1 aromatic carbocycles. The van der Waals surface area contributed by atoms with E-state index in [9.17, 15) is 9.59 Å². The van der Waals surface area contributed by atoms with Crippen molar-refractivity contribution in [2.24, 2.45) is 0 Å². The van der Waals surface area contributed by atoms with Gasteiger partial charge in [0.25, 0.3) is 0 Å². The average Bonchev–Trinajstić information content (AvgIpc) is 3.02. The molecule has 1 saturated heterocycles. The van der Waals surface area contributed by atoms with Gasteiger partial charge in [0.2, 0.25) is 11.7 Å². The van der Waals surface area contributed by atoms with Crippen molar-refractivity contribution in [3.05, 3.63) is 17.7 Å². The van der Waals surface area contributed by atoms with Gasteiger partial charge in [-0.2, -0.15) is 0 Å². The van der Waals surface area contributed by atoms with E-state index in [1.165, 1.54) is 40.4 Å². The molecule has 1 amide bonds. The van der Waals surface area contributed by atoms with E-state index < -0.39 is 18.2 Å². The highest BCUT2D eigenvalue weighted by molar-refractivity contribution is 5.88. The van der Waals surface area contributed by atoms with Gasteiger partial charge in [0.1, 0.15) is 6.04 Å². The van der Waals surface area contributed by atoms with Gasteiger partial charge in [-0.1, -0.05) is 0 Å². The molecule has 1 fully saturated rings. The number of methoxy groups -OCH3 is 5. The summed E-state index contributed by atoms with van der Waals surface area (Å²) in [6.45, 7) is 0. The van der Waals surface area contributed by atoms with Crippen LogP contribution in [0.5, 0.6) is 17.2 Å². The number of nitrogens with zero attached hydrogens (tertiary/aromatic N) is 1. The largest absolute Gasteiger partial charge is 0.493 e. The highest BCUT2D eigenvalue weighted by Crippen LogP contribution is 2.42. The number of carbonyl (C=O) groups is 2. The summed E-state index contributed by atoms with van der Waals surface area (Å²) >= 11 is 0. The van der Waals surface area contributed by atoms with Gasteiger partial charge in [-0.05, 0) is 18.6 Å². The van der Waals surface area contributed by atoms with E-state index in [2.05, 4.69) is 0 Å². The minimum Gasteiger partial charge on any atom is -0.493 e. The summed E-state index contributed by atoms with van der Waals surface area (Å²) in [4.78, 5) is 25.8. The topological polar surface area (TPSA) is 83.5 Å². The molecule has 0 radical (unpaired) electrons. The van der Waals surface area contributed by atoms with Gasteiger partial charge in [0.05, 0.1) is 28.4 Å². The SMILES string of the molecule is COC(=O)[C@@H]1CCC(=O)N1[C@@H](OC)c1cc(OC)c(OC)c(OC)c1. The summed E-state index contributed by atoms with van der Waals surface area (Å²) in [5, 5.41) is 0. The normalized spacial score (nSPS) is 18.0. The van der Waals surface area contributed by atoms with Crippen molar-refractivity contribution in [3.8, 4) is 17.2 Å². The van der Waals surface area contributed by atoms with Crippen molar-refractivity contribution in [2.45, 2.75) is 25.1 Å². The highest BCUT2D eigenvalue weighted by Gasteiger charge is 2.42. The molecule has 1 heterocycles. The smallest absolute Gasteiger partial charge is 0.328 e. The van der Waals surface area contributed by atoms with Gasteiger partial charge in [-0.25, -0.2) is 4.79 Å². The van der Waals surface area contributed by atoms with Crippen LogP contribution in [0.15, 0.2) is 12.1 Å². The molecule has 0 N–H and O–H groups in total. The number of amides is 1. The Bertz CT molecular complexity index is 621. The van der Waals surface area contributed by atoms with Crippen molar-refractivity contribution in [3.63, 3.8) is 0 Å². The maximum absolute atomic E-state index is 12.4. The molecular formula is C17H23NO7. The molecule has 25 heavy (non-hydrogen) atoms. The minimum atomic E-state index is -0.784. The Morgan fingerprint density at radius 1 is 1.08 bits per heavy atom. The number of carbonyl (C=O) groups excluding carboxylic acids is 2. The number of rotatable bonds is 7. The summed E-state index contributed by atoms with van der Waals surface area (Å²) in [6.07, 6.45) is -0.146. The molecule has 0 spiro atoms. The standard InChI is InChI=1S/C17H23NO7/c1-21-12-8-10(9-13(22-2)15(12)23-3)16(24-4)18-11(17(20)25-5)6-7-14(18)19/h8-9,11,16H,6-7H2,1-5H3/t11-,16-/m0/s1. The van der Waals surface area contributed by atoms with Crippen molar-refractivity contribution in [1.29, 1.82) is 0 Å². The van der Waals surface area contributed by atoms with E-state index >= 15 is 0 Å². The molecule has 0 aliphatic carbocycles. The van der Waals surface area contributed by atoms with Crippen LogP contribution in [0.2, 0.25) is 0 Å². The Labute approximate surface area is 146 Å². The molecule has 1 aliphatic heterocycles. The van der Waals surface area contributed by atoms with E-state index in [1.807, 2.05) is 0 Å².